The molecule has 0 amide bonds. The maximum atomic E-state index is 10.4. The van der Waals surface area contributed by atoms with Crippen LogP contribution in [0.1, 0.15) is 29.2 Å². The molecule has 0 aromatic heterocycles. The summed E-state index contributed by atoms with van der Waals surface area (Å²) in [5.74, 6) is 0. The highest BCUT2D eigenvalue weighted by atomic mass is 16.3. The van der Waals surface area contributed by atoms with Crippen molar-refractivity contribution < 1.29 is 5.11 Å². The number of hydrogen-bond donors (Lipinski definition) is 2. The van der Waals surface area contributed by atoms with Crippen LogP contribution < -0.4 is 5.73 Å². The number of hydrogen-bond acceptors (Lipinski definition) is 2. The topological polar surface area (TPSA) is 46.2 Å². The average Bonchev–Trinajstić information content (AvgIpc) is 2.44. The number of aliphatic hydroxyl groups is 1. The van der Waals surface area contributed by atoms with Crippen molar-refractivity contribution in [1.29, 1.82) is 0 Å². The van der Waals surface area contributed by atoms with Gasteiger partial charge in [-0.2, -0.15) is 0 Å². The molecule has 2 unspecified atom stereocenters. The molecule has 2 aromatic rings. The Morgan fingerprint density at radius 1 is 1.05 bits per heavy atom. The second-order valence-electron chi connectivity index (χ2n) is 6.08. The second kappa shape index (κ2) is 6.42. The number of aliphatic hydroxyl groups excluding tert-OH is 1. The van der Waals surface area contributed by atoms with Crippen molar-refractivity contribution in [3.63, 3.8) is 0 Å². The highest BCUT2D eigenvalue weighted by Gasteiger charge is 2.36. The summed E-state index contributed by atoms with van der Waals surface area (Å²) in [6.07, 6.45) is 0.235. The molecule has 3 N–H and O–H groups in total. The summed E-state index contributed by atoms with van der Waals surface area (Å²) in [5, 5.41) is 10.4. The van der Waals surface area contributed by atoms with E-state index in [4.69, 9.17) is 5.73 Å². The van der Waals surface area contributed by atoms with Gasteiger partial charge < -0.3 is 10.8 Å². The first-order valence-corrected chi connectivity index (χ1v) is 7.49. The Morgan fingerprint density at radius 3 is 2.10 bits per heavy atom. The van der Waals surface area contributed by atoms with Crippen LogP contribution in [0, 0.1) is 13.8 Å². The Labute approximate surface area is 127 Å². The van der Waals surface area contributed by atoms with Gasteiger partial charge in [-0.25, -0.2) is 0 Å². The third-order valence-corrected chi connectivity index (χ3v) is 4.31. The number of aryl methyl sites for hydroxylation is 2. The highest BCUT2D eigenvalue weighted by Crippen LogP contribution is 2.32. The summed E-state index contributed by atoms with van der Waals surface area (Å²) < 4.78 is 0. The van der Waals surface area contributed by atoms with Crippen LogP contribution in [-0.2, 0) is 11.8 Å². The minimum atomic E-state index is -0.509. The van der Waals surface area contributed by atoms with Crippen molar-refractivity contribution >= 4 is 0 Å². The first-order valence-electron chi connectivity index (χ1n) is 7.49. The van der Waals surface area contributed by atoms with Gasteiger partial charge in [0.15, 0.2) is 0 Å². The lowest BCUT2D eigenvalue weighted by Gasteiger charge is -2.36. The zero-order valence-corrected chi connectivity index (χ0v) is 13.1. The van der Waals surface area contributed by atoms with Crippen molar-refractivity contribution in [1.82, 2.24) is 0 Å². The van der Waals surface area contributed by atoms with Gasteiger partial charge in [-0.1, -0.05) is 59.7 Å². The molecule has 2 heteroatoms. The van der Waals surface area contributed by atoms with Crippen LogP contribution in [0.15, 0.2) is 48.5 Å². The minimum Gasteiger partial charge on any atom is -0.392 e. The fourth-order valence-corrected chi connectivity index (χ4v) is 3.16. The Hall–Kier alpha value is -1.64. The lowest BCUT2D eigenvalue weighted by atomic mass is 9.71. The molecule has 21 heavy (non-hydrogen) atoms. The van der Waals surface area contributed by atoms with E-state index in [1.807, 2.05) is 25.1 Å². The van der Waals surface area contributed by atoms with Crippen LogP contribution in [-0.4, -0.2) is 17.8 Å². The molecule has 2 nitrogen and oxygen atoms in total. The van der Waals surface area contributed by atoms with Crippen LogP contribution in [0.25, 0.3) is 0 Å². The van der Waals surface area contributed by atoms with Gasteiger partial charge in [0.25, 0.3) is 0 Å². The highest BCUT2D eigenvalue weighted by molar-refractivity contribution is 5.35. The standard InChI is InChI=1S/C19H25NO/c1-14-9-15(2)11-17(10-14)12-19(13-20,16(3)21)18-7-5-4-6-8-18/h4-11,16,21H,12-13,20H2,1-3H3. The average molecular weight is 283 g/mol. The molecule has 0 aliphatic rings. The Bertz CT molecular complexity index is 572. The molecule has 0 fully saturated rings. The Morgan fingerprint density at radius 2 is 1.62 bits per heavy atom. The van der Waals surface area contributed by atoms with Crippen LogP contribution in [0.5, 0.6) is 0 Å². The van der Waals surface area contributed by atoms with Gasteiger partial charge in [-0.05, 0) is 38.3 Å². The van der Waals surface area contributed by atoms with Gasteiger partial charge >= 0.3 is 0 Å². The number of nitrogens with two attached hydrogens (primary N) is 1. The molecule has 0 heterocycles. The fourth-order valence-electron chi connectivity index (χ4n) is 3.16. The third kappa shape index (κ3) is 3.34. The van der Waals surface area contributed by atoms with Crippen LogP contribution in [0.2, 0.25) is 0 Å². The summed E-state index contributed by atoms with van der Waals surface area (Å²) in [6, 6.07) is 16.6. The van der Waals surface area contributed by atoms with E-state index < -0.39 is 11.5 Å². The minimum absolute atomic E-state index is 0.418. The van der Waals surface area contributed by atoms with Gasteiger partial charge in [-0.15, -0.1) is 0 Å². The van der Waals surface area contributed by atoms with Crippen molar-refractivity contribution in [2.45, 2.75) is 38.7 Å². The molecule has 0 saturated carbocycles. The van der Waals surface area contributed by atoms with E-state index >= 15 is 0 Å². The summed E-state index contributed by atoms with van der Waals surface area (Å²) in [6.45, 7) is 6.46. The van der Waals surface area contributed by atoms with E-state index in [-0.39, 0.29) is 0 Å². The van der Waals surface area contributed by atoms with E-state index in [1.165, 1.54) is 16.7 Å². The maximum absolute atomic E-state index is 10.4. The molecule has 2 rings (SSSR count). The predicted octanol–water partition coefficient (Wildman–Crippen LogP) is 3.12. The third-order valence-electron chi connectivity index (χ3n) is 4.31. The van der Waals surface area contributed by atoms with E-state index in [0.29, 0.717) is 6.54 Å². The second-order valence-corrected chi connectivity index (χ2v) is 6.08. The van der Waals surface area contributed by atoms with Gasteiger partial charge in [-0.3, -0.25) is 0 Å². The van der Waals surface area contributed by atoms with Gasteiger partial charge in [0, 0.05) is 12.0 Å². The van der Waals surface area contributed by atoms with Crippen molar-refractivity contribution in [2.75, 3.05) is 6.54 Å². The van der Waals surface area contributed by atoms with Crippen LogP contribution >= 0.6 is 0 Å². The first kappa shape index (κ1) is 15.7. The van der Waals surface area contributed by atoms with Gasteiger partial charge in [0.2, 0.25) is 0 Å². The maximum Gasteiger partial charge on any atom is 0.0624 e. The largest absolute Gasteiger partial charge is 0.392 e. The molecule has 2 aromatic carbocycles. The van der Waals surface area contributed by atoms with E-state index in [1.54, 1.807) is 0 Å². The zero-order chi connectivity index (χ0) is 15.5. The Balaban J connectivity index is 2.46. The summed E-state index contributed by atoms with van der Waals surface area (Å²) in [5.41, 5.74) is 10.5. The molecular weight excluding hydrogens is 258 g/mol. The summed E-state index contributed by atoms with van der Waals surface area (Å²) in [4.78, 5) is 0. The molecule has 0 spiro atoms. The SMILES string of the molecule is Cc1cc(C)cc(CC(CN)(c2ccccc2)C(C)O)c1. The van der Waals surface area contributed by atoms with Crippen molar-refractivity contribution in [3.05, 3.63) is 70.8 Å². The lowest BCUT2D eigenvalue weighted by Crippen LogP contribution is -2.46. The molecular formula is C19H25NO. The molecule has 0 radical (unpaired) electrons. The number of benzene rings is 2. The normalized spacial score (nSPS) is 15.5. The molecule has 0 aliphatic heterocycles. The predicted molar refractivity (Wildman–Crippen MR) is 88.5 cm³/mol. The van der Waals surface area contributed by atoms with Crippen LogP contribution in [0.3, 0.4) is 0 Å². The van der Waals surface area contributed by atoms with Gasteiger partial charge in [0.05, 0.1) is 6.10 Å². The summed E-state index contributed by atoms with van der Waals surface area (Å²) in [7, 11) is 0. The molecule has 0 aliphatic carbocycles. The smallest absolute Gasteiger partial charge is 0.0624 e. The fraction of sp³-hybridized carbons (Fsp3) is 0.368. The Kier molecular flexibility index (Phi) is 4.81. The molecule has 0 bridgehead atoms. The van der Waals surface area contributed by atoms with Crippen LogP contribution in [0.4, 0.5) is 0 Å². The quantitative estimate of drug-likeness (QED) is 0.885. The van der Waals surface area contributed by atoms with E-state index in [2.05, 4.69) is 44.2 Å². The molecule has 112 valence electrons. The van der Waals surface area contributed by atoms with E-state index in [0.717, 1.165) is 12.0 Å². The van der Waals surface area contributed by atoms with E-state index in [9.17, 15) is 5.11 Å². The van der Waals surface area contributed by atoms with Gasteiger partial charge in [0.1, 0.15) is 0 Å². The zero-order valence-electron chi connectivity index (χ0n) is 13.1. The monoisotopic (exact) mass is 283 g/mol. The first-order chi connectivity index (χ1) is 9.98. The summed E-state index contributed by atoms with van der Waals surface area (Å²) >= 11 is 0. The lowest BCUT2D eigenvalue weighted by molar-refractivity contribution is 0.100. The molecule has 2 atom stereocenters. The van der Waals surface area contributed by atoms with Crippen molar-refractivity contribution in [3.8, 4) is 0 Å². The van der Waals surface area contributed by atoms with Crippen molar-refractivity contribution in [2.24, 2.45) is 5.73 Å². The molecule has 0 saturated heterocycles. The number of rotatable bonds is 5.